The number of aliphatic hydroxyl groups is 2. The van der Waals surface area contributed by atoms with E-state index in [-0.39, 0.29) is 89.2 Å². The smallest absolute Gasteiger partial charge is 0.352 e. The van der Waals surface area contributed by atoms with E-state index in [2.05, 4.69) is 55.4 Å². The van der Waals surface area contributed by atoms with E-state index in [1.807, 2.05) is 128 Å². The Morgan fingerprint density at radius 2 is 0.760 bits per heavy atom. The van der Waals surface area contributed by atoms with E-state index in [1.165, 1.54) is 66.4 Å². The zero-order valence-corrected chi connectivity index (χ0v) is 65.0. The normalized spacial score (nSPS) is 11.5. The lowest BCUT2D eigenvalue weighted by Gasteiger charge is -2.21. The van der Waals surface area contributed by atoms with Crippen LogP contribution in [0, 0.1) is 31.3 Å². The molecule has 0 radical (unpaired) electrons. The molecular formula is C85H73F3N26O7. The first-order chi connectivity index (χ1) is 58.3. The summed E-state index contributed by atoms with van der Waals surface area (Å²) >= 11 is 0. The zero-order chi connectivity index (χ0) is 84.8. The lowest BCUT2D eigenvalue weighted by Crippen LogP contribution is -2.25. The number of aromatic nitrogens is 21. The van der Waals surface area contributed by atoms with Crippen molar-refractivity contribution in [2.24, 2.45) is 0 Å². The van der Waals surface area contributed by atoms with E-state index >= 15 is 0 Å². The van der Waals surface area contributed by atoms with Crippen LogP contribution in [-0.4, -0.2) is 111 Å². The molecule has 606 valence electrons. The van der Waals surface area contributed by atoms with Crippen LogP contribution in [0.25, 0.3) is 83.5 Å². The number of hydrogen-bond acceptors (Lipinski definition) is 23. The van der Waals surface area contributed by atoms with Crippen molar-refractivity contribution < 1.29 is 23.4 Å². The van der Waals surface area contributed by atoms with E-state index in [0.29, 0.717) is 102 Å². The Hall–Kier alpha value is -16.1. The van der Waals surface area contributed by atoms with Crippen molar-refractivity contribution in [3.63, 3.8) is 0 Å². The highest BCUT2D eigenvalue weighted by atomic mass is 19.1. The van der Waals surface area contributed by atoms with Gasteiger partial charge in [-0.1, -0.05) is 140 Å². The zero-order valence-electron chi connectivity index (χ0n) is 65.0. The van der Waals surface area contributed by atoms with Gasteiger partial charge >= 0.3 is 28.4 Å². The van der Waals surface area contributed by atoms with Crippen LogP contribution < -0.4 is 57.1 Å². The molecule has 0 spiro atoms. The van der Waals surface area contributed by atoms with Crippen molar-refractivity contribution in [2.45, 2.75) is 72.6 Å². The van der Waals surface area contributed by atoms with Crippen molar-refractivity contribution in [2.75, 3.05) is 28.7 Å². The third kappa shape index (κ3) is 15.3. The monoisotopic (exact) mass is 1630 g/mol. The number of aryl methyl sites for hydroxylation is 2. The van der Waals surface area contributed by atoms with Crippen molar-refractivity contribution in [1.82, 2.24) is 101 Å². The maximum atomic E-state index is 14.1. The van der Waals surface area contributed by atoms with E-state index in [0.717, 1.165) is 37.2 Å². The Morgan fingerprint density at radius 3 is 1.31 bits per heavy atom. The lowest BCUT2D eigenvalue weighted by atomic mass is 9.93. The molecule has 0 atom stereocenters. The molecule has 9 aromatic carbocycles. The third-order valence-corrected chi connectivity index (χ3v) is 20.1. The van der Waals surface area contributed by atoms with Crippen molar-refractivity contribution in [3.8, 4) is 0 Å². The van der Waals surface area contributed by atoms with Gasteiger partial charge < -0.3 is 38.9 Å². The largest absolute Gasteiger partial charge is 0.392 e. The molecule has 20 aromatic rings. The minimum Gasteiger partial charge on any atom is -0.392 e. The number of pyridine rings is 1. The van der Waals surface area contributed by atoms with Crippen LogP contribution in [0.15, 0.2) is 249 Å². The summed E-state index contributed by atoms with van der Waals surface area (Å²) in [5, 5.41) is 41.1. The predicted molar refractivity (Wildman–Crippen MR) is 452 cm³/mol. The average Bonchev–Trinajstić information content (AvgIpc) is 1.65. The Morgan fingerprint density at radius 1 is 0.347 bits per heavy atom. The number of nitrogen functional groups attached to an aromatic ring is 5. The first-order valence-corrected chi connectivity index (χ1v) is 37.6. The summed E-state index contributed by atoms with van der Waals surface area (Å²) in [6, 6.07) is 63.0. The minimum absolute atomic E-state index is 0.0111. The number of aliphatic hydroxyl groups excluding tert-OH is 1. The molecule has 11 heterocycles. The van der Waals surface area contributed by atoms with Crippen LogP contribution in [0.5, 0.6) is 0 Å². The molecule has 0 unspecified atom stereocenters. The molecule has 36 heteroatoms. The van der Waals surface area contributed by atoms with Gasteiger partial charge in [0, 0.05) is 23.4 Å². The molecule has 0 saturated carbocycles. The molecule has 12 N–H and O–H groups in total. The number of halogens is 3. The predicted octanol–water partition coefficient (Wildman–Crippen LogP) is 8.52. The molecule has 121 heavy (non-hydrogen) atoms. The molecule has 0 amide bonds. The molecular weight excluding hydrogens is 1550 g/mol. The van der Waals surface area contributed by atoms with Crippen molar-refractivity contribution in [1.29, 1.82) is 0 Å². The van der Waals surface area contributed by atoms with Gasteiger partial charge in [-0.15, -0.1) is 25.5 Å². The number of nitrogens with zero attached hydrogens (tertiary/aromatic N) is 21. The molecule has 0 fully saturated rings. The van der Waals surface area contributed by atoms with Gasteiger partial charge in [-0.2, -0.15) is 0 Å². The second-order valence-corrected chi connectivity index (χ2v) is 28.7. The van der Waals surface area contributed by atoms with E-state index in [9.17, 15) is 47.4 Å². The summed E-state index contributed by atoms with van der Waals surface area (Å²) in [7, 11) is 0. The lowest BCUT2D eigenvalue weighted by molar-refractivity contribution is 0.0774. The Bertz CT molecular complexity index is 7770. The topological polar surface area (TPSA) is 444 Å². The summed E-state index contributed by atoms with van der Waals surface area (Å²) < 4.78 is 54.9. The highest BCUT2D eigenvalue weighted by Gasteiger charge is 2.25. The fraction of sp³-hybridized carbons (Fsp3) is 0.129. The maximum Gasteiger partial charge on any atom is 0.352 e. The van der Waals surface area contributed by atoms with Crippen LogP contribution in [0.2, 0.25) is 0 Å². The van der Waals surface area contributed by atoms with Crippen LogP contribution in [0.3, 0.4) is 0 Å². The quantitative estimate of drug-likeness (QED) is 0.0602. The van der Waals surface area contributed by atoms with Gasteiger partial charge in [0.15, 0.2) is 34.7 Å². The van der Waals surface area contributed by atoms with E-state index in [1.54, 1.807) is 93.7 Å². The highest BCUT2D eigenvalue weighted by Crippen LogP contribution is 2.27. The highest BCUT2D eigenvalue weighted by molar-refractivity contribution is 5.85. The standard InChI is InChI=1S/C19H19N5O2.C17H13F2N5O.C17H14FN5O2.C17H15N5O.C15H12N6O/c1-19(2,26)13-8-4-3-7-12(13)11-23-18(25)24-15-10-6-5-9-14(15)21-16(20)17(24)22-23;1-9-3-2-4-12(19)11(9)8-23-17(25)24-14-7-10(18)5-6-13(14)21-15(20)16(24)22-23;18-12-4-2-1-3-11(12)8-22-17(25)23-14-6-5-10(9-24)7-13(14)20-15(19)16(23)21-22;1-11-6-2-3-7-12(11)10-21-17(23)22-14-9-5-4-8-13(14)19-15(18)16(22)20-21;16-12-14-19-20(9-10-5-2-1-3-6-10)15(22)21(14)13-11(18-12)7-4-8-17-13/h3-10,26H,11H2,1-2H3,(H2,20,21);2-7H,8H2,1H3,(H2,20,21);1-7,24H,8-9H2,(H2,19,20);2-9H,10H2,1H3,(H2,18,19);1-8H,9H2,(H2,16,18). The van der Waals surface area contributed by atoms with Gasteiger partial charge in [0.05, 0.1) is 89.1 Å². The molecule has 33 nitrogen and oxygen atoms in total. The molecule has 0 bridgehead atoms. The number of para-hydroxylation sites is 4. The van der Waals surface area contributed by atoms with E-state index in [4.69, 9.17) is 28.7 Å². The van der Waals surface area contributed by atoms with Gasteiger partial charge in [0.2, 0.25) is 28.2 Å². The number of rotatable bonds is 12. The first-order valence-electron chi connectivity index (χ1n) is 37.6. The van der Waals surface area contributed by atoms with Crippen LogP contribution in [0.1, 0.15) is 63.9 Å². The molecule has 0 aliphatic rings. The van der Waals surface area contributed by atoms with Gasteiger partial charge in [-0.05, 0) is 139 Å². The van der Waals surface area contributed by atoms with Crippen LogP contribution in [-0.2, 0) is 44.9 Å². The second-order valence-electron chi connectivity index (χ2n) is 28.7. The van der Waals surface area contributed by atoms with E-state index < -0.39 is 34.4 Å². The molecule has 20 rings (SSSR count). The Balaban J connectivity index is 0.000000113. The van der Waals surface area contributed by atoms with Crippen LogP contribution >= 0.6 is 0 Å². The fourth-order valence-corrected chi connectivity index (χ4v) is 14.1. The molecule has 11 aromatic heterocycles. The first kappa shape index (κ1) is 78.8. The molecule has 0 aliphatic heterocycles. The number of nitrogens with two attached hydrogens (primary N) is 5. The number of anilines is 5. The Labute approximate surface area is 679 Å². The maximum absolute atomic E-state index is 14.1. The molecule has 0 saturated heterocycles. The van der Waals surface area contributed by atoms with Gasteiger partial charge in [-0.3, -0.25) is 0 Å². The van der Waals surface area contributed by atoms with Crippen molar-refractivity contribution >= 4 is 113 Å². The number of benzene rings is 9. The van der Waals surface area contributed by atoms with Gasteiger partial charge in [0.25, 0.3) is 0 Å². The summed E-state index contributed by atoms with van der Waals surface area (Å²) in [4.78, 5) is 89.5. The average molecular weight is 1630 g/mol. The summed E-state index contributed by atoms with van der Waals surface area (Å²) in [6.07, 6.45) is 1.61. The minimum atomic E-state index is -1.02. The molecule has 0 aliphatic carbocycles. The number of fused-ring (bicyclic) bond motifs is 15. The number of hydrogen-bond donors (Lipinski definition) is 7. The SMILES string of the molecule is CC(C)(O)c1ccccc1Cn1nc2c(N)nc3ccccc3n2c1=O.Cc1cccc(F)c1Cn1nc2c(N)nc3ccc(F)cc3n2c1=O.Cc1ccccc1Cn1nc2c(N)nc3ccccc3n2c1=O.Nc1nc2cc(CO)ccc2n2c(=O)n(Cc3ccccc3F)nc12.Nc1nc2cccnc2n2c(=O)n(Cc3ccccc3)nc12. The summed E-state index contributed by atoms with van der Waals surface area (Å²) in [5.41, 5.74) is 40.4. The van der Waals surface area contributed by atoms with Crippen molar-refractivity contribution in [3.05, 3.63) is 345 Å². The fourth-order valence-electron chi connectivity index (χ4n) is 14.1. The third-order valence-electron chi connectivity index (χ3n) is 20.1. The Kier molecular flexibility index (Phi) is 20.9. The second kappa shape index (κ2) is 32.2. The van der Waals surface area contributed by atoms with Gasteiger partial charge in [-0.25, -0.2) is 112 Å². The van der Waals surface area contributed by atoms with Crippen LogP contribution in [0.4, 0.5) is 42.3 Å². The summed E-state index contributed by atoms with van der Waals surface area (Å²) in [6.45, 7) is 7.99. The summed E-state index contributed by atoms with van der Waals surface area (Å²) in [5.74, 6) is -0.540. The van der Waals surface area contributed by atoms with Gasteiger partial charge in [0.1, 0.15) is 23.0 Å².